The van der Waals surface area contributed by atoms with Crippen LogP contribution in [-0.2, 0) is 0 Å². The van der Waals surface area contributed by atoms with E-state index in [1.165, 1.54) is 25.7 Å². The third-order valence-electron chi connectivity index (χ3n) is 4.63. The summed E-state index contributed by atoms with van der Waals surface area (Å²) in [6, 6.07) is 0. The van der Waals surface area contributed by atoms with Gasteiger partial charge in [-0.25, -0.2) is 0 Å². The van der Waals surface area contributed by atoms with Crippen molar-refractivity contribution in [3.05, 3.63) is 0 Å². The lowest BCUT2D eigenvalue weighted by Gasteiger charge is -2.45. The molecule has 2 unspecified atom stereocenters. The van der Waals surface area contributed by atoms with Crippen molar-refractivity contribution >= 4 is 0 Å². The Morgan fingerprint density at radius 1 is 0.800 bits per heavy atom. The Bertz CT molecular complexity index is 147. The Morgan fingerprint density at radius 2 is 1.20 bits per heavy atom. The van der Waals surface area contributed by atoms with Crippen LogP contribution < -0.4 is 0 Å². The summed E-state index contributed by atoms with van der Waals surface area (Å²) in [4.78, 5) is 0. The van der Waals surface area contributed by atoms with E-state index in [1.807, 2.05) is 0 Å². The summed E-state index contributed by atoms with van der Waals surface area (Å²) >= 11 is 0. The number of rotatable bonds is 7. The molecule has 0 aliphatic carbocycles. The van der Waals surface area contributed by atoms with Gasteiger partial charge >= 0.3 is 0 Å². The SMILES string of the molecule is CCC(C)C(CC)(CC(C)C)C(C)CC. The molecule has 0 heterocycles. The molecule has 0 nitrogen and oxygen atoms in total. The van der Waals surface area contributed by atoms with Crippen molar-refractivity contribution in [2.45, 2.75) is 74.1 Å². The van der Waals surface area contributed by atoms with Crippen LogP contribution in [0.25, 0.3) is 0 Å². The summed E-state index contributed by atoms with van der Waals surface area (Å²) < 4.78 is 0. The van der Waals surface area contributed by atoms with Gasteiger partial charge in [-0.05, 0) is 36.0 Å². The molecule has 0 saturated heterocycles. The molecular weight excluding hydrogens is 180 g/mol. The van der Waals surface area contributed by atoms with Gasteiger partial charge in [-0.1, -0.05) is 61.3 Å². The molecule has 0 fully saturated rings. The normalized spacial score (nSPS) is 20.0. The van der Waals surface area contributed by atoms with Gasteiger partial charge in [0.25, 0.3) is 0 Å². The predicted octanol–water partition coefficient (Wildman–Crippen LogP) is 5.52. The summed E-state index contributed by atoms with van der Waals surface area (Å²) in [6.45, 7) is 16.7. The lowest BCUT2D eigenvalue weighted by Crippen LogP contribution is -2.36. The zero-order valence-corrected chi connectivity index (χ0v) is 12.1. The van der Waals surface area contributed by atoms with Crippen molar-refractivity contribution in [3.8, 4) is 0 Å². The Labute approximate surface area is 97.8 Å². The second-order valence-corrected chi connectivity index (χ2v) is 5.80. The largest absolute Gasteiger partial charge is 0.0651 e. The molecular formula is C15H32. The Morgan fingerprint density at radius 3 is 1.40 bits per heavy atom. The van der Waals surface area contributed by atoms with E-state index in [0.29, 0.717) is 5.41 Å². The lowest BCUT2D eigenvalue weighted by atomic mass is 9.60. The fourth-order valence-electron chi connectivity index (χ4n) is 3.30. The molecule has 0 aromatic heterocycles. The molecule has 0 rings (SSSR count). The molecule has 0 spiro atoms. The van der Waals surface area contributed by atoms with E-state index in [9.17, 15) is 0 Å². The monoisotopic (exact) mass is 212 g/mol. The fourth-order valence-corrected chi connectivity index (χ4v) is 3.30. The molecule has 0 aromatic carbocycles. The highest BCUT2D eigenvalue weighted by Crippen LogP contribution is 2.47. The molecule has 0 aromatic rings. The smallest absolute Gasteiger partial charge is 0.0247 e. The molecule has 15 heavy (non-hydrogen) atoms. The summed E-state index contributed by atoms with van der Waals surface area (Å²) in [6.07, 6.45) is 5.39. The first-order chi connectivity index (χ1) is 6.94. The maximum Gasteiger partial charge on any atom is -0.0247 e. The van der Waals surface area contributed by atoms with Gasteiger partial charge in [0, 0.05) is 0 Å². The minimum atomic E-state index is 0.581. The quantitative estimate of drug-likeness (QED) is 0.521. The summed E-state index contributed by atoms with van der Waals surface area (Å²) in [5.41, 5.74) is 0.581. The molecule has 0 N–H and O–H groups in total. The van der Waals surface area contributed by atoms with Crippen LogP contribution in [-0.4, -0.2) is 0 Å². The standard InChI is InChI=1S/C15H32/c1-8-13(6)15(10-3,11-12(4)5)14(7)9-2/h12-14H,8-11H2,1-7H3. The van der Waals surface area contributed by atoms with Crippen LogP contribution in [0, 0.1) is 23.2 Å². The van der Waals surface area contributed by atoms with Crippen molar-refractivity contribution in [1.29, 1.82) is 0 Å². The average Bonchev–Trinajstić information content (AvgIpc) is 2.23. The zero-order valence-electron chi connectivity index (χ0n) is 12.1. The van der Waals surface area contributed by atoms with Crippen LogP contribution >= 0.6 is 0 Å². The van der Waals surface area contributed by atoms with E-state index in [2.05, 4.69) is 48.5 Å². The van der Waals surface area contributed by atoms with Crippen molar-refractivity contribution in [2.75, 3.05) is 0 Å². The third kappa shape index (κ3) is 3.50. The van der Waals surface area contributed by atoms with Gasteiger partial charge in [0.15, 0.2) is 0 Å². The van der Waals surface area contributed by atoms with Crippen molar-refractivity contribution in [1.82, 2.24) is 0 Å². The maximum absolute atomic E-state index is 2.46. The minimum Gasteiger partial charge on any atom is -0.0651 e. The highest BCUT2D eigenvalue weighted by Gasteiger charge is 2.38. The van der Waals surface area contributed by atoms with E-state index >= 15 is 0 Å². The Balaban J connectivity index is 4.91. The van der Waals surface area contributed by atoms with Crippen molar-refractivity contribution < 1.29 is 0 Å². The predicted molar refractivity (Wildman–Crippen MR) is 71.1 cm³/mol. The zero-order chi connectivity index (χ0) is 12.1. The van der Waals surface area contributed by atoms with Crippen LogP contribution in [0.4, 0.5) is 0 Å². The molecule has 0 aliphatic heterocycles. The molecule has 0 saturated carbocycles. The first-order valence-corrected chi connectivity index (χ1v) is 6.94. The molecule has 2 atom stereocenters. The van der Waals surface area contributed by atoms with E-state index in [1.54, 1.807) is 0 Å². The van der Waals surface area contributed by atoms with Gasteiger partial charge in [0.1, 0.15) is 0 Å². The molecule has 0 radical (unpaired) electrons. The second-order valence-electron chi connectivity index (χ2n) is 5.80. The summed E-state index contributed by atoms with van der Waals surface area (Å²) in [7, 11) is 0. The first kappa shape index (κ1) is 15.0. The molecule has 92 valence electrons. The molecule has 0 heteroatoms. The van der Waals surface area contributed by atoms with Crippen LogP contribution in [0.3, 0.4) is 0 Å². The molecule has 0 amide bonds. The Hall–Kier alpha value is 0. The molecule has 0 aliphatic rings. The highest BCUT2D eigenvalue weighted by atomic mass is 14.4. The summed E-state index contributed by atoms with van der Waals surface area (Å²) in [5, 5.41) is 0. The van der Waals surface area contributed by atoms with Crippen LogP contribution in [0.1, 0.15) is 74.1 Å². The van der Waals surface area contributed by atoms with Crippen LogP contribution in [0.15, 0.2) is 0 Å². The number of hydrogen-bond donors (Lipinski definition) is 0. The van der Waals surface area contributed by atoms with Gasteiger partial charge in [0.05, 0.1) is 0 Å². The van der Waals surface area contributed by atoms with Crippen molar-refractivity contribution in [2.24, 2.45) is 23.2 Å². The van der Waals surface area contributed by atoms with Gasteiger partial charge in [-0.15, -0.1) is 0 Å². The van der Waals surface area contributed by atoms with E-state index < -0.39 is 0 Å². The average molecular weight is 212 g/mol. The fraction of sp³-hybridized carbons (Fsp3) is 1.00. The summed E-state index contributed by atoms with van der Waals surface area (Å²) in [5.74, 6) is 2.55. The van der Waals surface area contributed by atoms with E-state index in [0.717, 1.165) is 17.8 Å². The first-order valence-electron chi connectivity index (χ1n) is 6.94. The highest BCUT2D eigenvalue weighted by molar-refractivity contribution is 4.87. The Kier molecular flexibility index (Phi) is 6.55. The third-order valence-corrected chi connectivity index (χ3v) is 4.63. The van der Waals surface area contributed by atoms with Crippen LogP contribution in [0.2, 0.25) is 0 Å². The van der Waals surface area contributed by atoms with Gasteiger partial charge < -0.3 is 0 Å². The molecule has 0 bridgehead atoms. The van der Waals surface area contributed by atoms with Crippen LogP contribution in [0.5, 0.6) is 0 Å². The van der Waals surface area contributed by atoms with Gasteiger partial charge in [-0.2, -0.15) is 0 Å². The van der Waals surface area contributed by atoms with Crippen molar-refractivity contribution in [3.63, 3.8) is 0 Å². The minimum absolute atomic E-state index is 0.581. The maximum atomic E-state index is 2.46. The lowest BCUT2D eigenvalue weighted by molar-refractivity contribution is 0.0506. The van der Waals surface area contributed by atoms with Gasteiger partial charge in [0.2, 0.25) is 0 Å². The van der Waals surface area contributed by atoms with E-state index in [-0.39, 0.29) is 0 Å². The van der Waals surface area contributed by atoms with Gasteiger partial charge in [-0.3, -0.25) is 0 Å². The topological polar surface area (TPSA) is 0 Å². The second kappa shape index (κ2) is 6.55. The number of hydrogen-bond acceptors (Lipinski definition) is 0. The van der Waals surface area contributed by atoms with E-state index in [4.69, 9.17) is 0 Å².